The second kappa shape index (κ2) is 6.16. The molecule has 0 fully saturated rings. The van der Waals surface area contributed by atoms with Crippen molar-refractivity contribution < 1.29 is 5.21 Å². The Bertz CT molecular complexity index is 1140. The van der Waals surface area contributed by atoms with Gasteiger partial charge in [-0.2, -0.15) is 4.73 Å². The summed E-state index contributed by atoms with van der Waals surface area (Å²) in [5.41, 5.74) is 4.93. The molecule has 6 nitrogen and oxygen atoms in total. The predicted octanol–water partition coefficient (Wildman–Crippen LogP) is 4.40. The minimum atomic E-state index is -0.331. The highest BCUT2D eigenvalue weighted by Crippen LogP contribution is 2.35. The third kappa shape index (κ3) is 3.03. The maximum Gasteiger partial charge on any atom is 0.151 e. The number of nitrogens with zero attached hydrogens (tertiary/aromatic N) is 5. The fraction of sp³-hybridized carbons (Fsp3) is 0.238. The topological polar surface area (TPSA) is 76.7 Å². The highest BCUT2D eigenvalue weighted by molar-refractivity contribution is 5.84. The van der Waals surface area contributed by atoms with Crippen molar-refractivity contribution in [1.82, 2.24) is 24.7 Å². The van der Waals surface area contributed by atoms with Crippen molar-refractivity contribution in [2.75, 3.05) is 0 Å². The first-order valence-corrected chi connectivity index (χ1v) is 8.82. The zero-order valence-corrected chi connectivity index (χ0v) is 15.8. The van der Waals surface area contributed by atoms with Crippen LogP contribution in [0.2, 0.25) is 0 Å². The largest absolute Gasteiger partial charge is 0.427 e. The second-order valence-corrected chi connectivity index (χ2v) is 7.62. The second-order valence-electron chi connectivity index (χ2n) is 7.62. The van der Waals surface area contributed by atoms with Crippen LogP contribution in [0.15, 0.2) is 48.8 Å². The van der Waals surface area contributed by atoms with Crippen LogP contribution in [0.3, 0.4) is 0 Å². The van der Waals surface area contributed by atoms with Gasteiger partial charge in [-0.05, 0) is 31.2 Å². The first kappa shape index (κ1) is 17.1. The third-order valence-electron chi connectivity index (χ3n) is 4.40. The van der Waals surface area contributed by atoms with Crippen LogP contribution >= 0.6 is 0 Å². The molecule has 0 aliphatic heterocycles. The molecule has 136 valence electrons. The van der Waals surface area contributed by atoms with Crippen LogP contribution in [-0.4, -0.2) is 29.9 Å². The molecule has 0 unspecified atom stereocenters. The number of hydrogen-bond acceptors (Lipinski definition) is 5. The van der Waals surface area contributed by atoms with Gasteiger partial charge in [0.25, 0.3) is 0 Å². The lowest BCUT2D eigenvalue weighted by molar-refractivity contribution is 0.168. The molecule has 3 aromatic heterocycles. The van der Waals surface area contributed by atoms with Gasteiger partial charge in [-0.3, -0.25) is 15.0 Å². The van der Waals surface area contributed by atoms with Crippen LogP contribution in [0, 0.1) is 6.92 Å². The summed E-state index contributed by atoms with van der Waals surface area (Å²) in [5.74, 6) is 0.579. The number of benzene rings is 1. The molecule has 6 heteroatoms. The Balaban J connectivity index is 2.00. The summed E-state index contributed by atoms with van der Waals surface area (Å²) in [6.45, 7) is 7.99. The van der Waals surface area contributed by atoms with Crippen molar-refractivity contribution >= 4 is 11.0 Å². The molecule has 0 saturated heterocycles. The molecule has 0 aliphatic carbocycles. The maximum atomic E-state index is 11.0. The summed E-state index contributed by atoms with van der Waals surface area (Å²) >= 11 is 0. The van der Waals surface area contributed by atoms with Gasteiger partial charge >= 0.3 is 0 Å². The standard InChI is InChI=1S/C21H21N5O/c1-13-6-5-7-16(24-13)19-18(25-20(26(19)27)21(2,3)4)14-8-9-15-17(12-14)23-11-10-22-15/h5-12,27H,1-4H3. The molecule has 0 atom stereocenters. The number of rotatable bonds is 2. The number of hydrogen-bond donors (Lipinski definition) is 1. The molecule has 0 bridgehead atoms. The molecular formula is C21H21N5O. The lowest BCUT2D eigenvalue weighted by Gasteiger charge is -2.16. The molecule has 4 aromatic rings. The molecule has 0 amide bonds. The number of aromatic nitrogens is 5. The van der Waals surface area contributed by atoms with Gasteiger partial charge in [0, 0.05) is 29.1 Å². The summed E-state index contributed by atoms with van der Waals surface area (Å²) in [6, 6.07) is 11.5. The Labute approximate surface area is 157 Å². The van der Waals surface area contributed by atoms with Crippen LogP contribution in [-0.2, 0) is 5.41 Å². The van der Waals surface area contributed by atoms with Gasteiger partial charge in [0.1, 0.15) is 11.4 Å². The molecule has 0 radical (unpaired) electrons. The Hall–Kier alpha value is -3.28. The van der Waals surface area contributed by atoms with Crippen LogP contribution < -0.4 is 0 Å². The lowest BCUT2D eigenvalue weighted by atomic mass is 9.96. The summed E-state index contributed by atoms with van der Waals surface area (Å²) in [4.78, 5) is 18.1. The summed E-state index contributed by atoms with van der Waals surface area (Å²) in [5, 5.41) is 11.0. The van der Waals surface area contributed by atoms with Crippen molar-refractivity contribution in [3.63, 3.8) is 0 Å². The Morgan fingerprint density at radius 1 is 0.926 bits per heavy atom. The Morgan fingerprint density at radius 2 is 1.67 bits per heavy atom. The van der Waals surface area contributed by atoms with E-state index >= 15 is 0 Å². The summed E-state index contributed by atoms with van der Waals surface area (Å²) in [7, 11) is 0. The summed E-state index contributed by atoms with van der Waals surface area (Å²) < 4.78 is 1.16. The molecule has 4 rings (SSSR count). The van der Waals surface area contributed by atoms with E-state index in [1.807, 2.05) is 64.1 Å². The van der Waals surface area contributed by atoms with E-state index in [0.717, 1.165) is 27.0 Å². The lowest BCUT2D eigenvalue weighted by Crippen LogP contribution is -2.18. The number of aryl methyl sites for hydroxylation is 1. The average molecular weight is 359 g/mol. The third-order valence-corrected chi connectivity index (χ3v) is 4.40. The Kier molecular flexibility index (Phi) is 3.91. The zero-order valence-electron chi connectivity index (χ0n) is 15.8. The number of imidazole rings is 1. The molecule has 27 heavy (non-hydrogen) atoms. The van der Waals surface area contributed by atoms with Crippen molar-refractivity contribution in [3.05, 3.63) is 60.3 Å². The van der Waals surface area contributed by atoms with Gasteiger partial charge in [-0.1, -0.05) is 32.9 Å². The van der Waals surface area contributed by atoms with E-state index in [4.69, 9.17) is 4.98 Å². The van der Waals surface area contributed by atoms with Crippen LogP contribution in [0.5, 0.6) is 0 Å². The van der Waals surface area contributed by atoms with Gasteiger partial charge in [0.2, 0.25) is 0 Å². The van der Waals surface area contributed by atoms with E-state index in [0.29, 0.717) is 22.9 Å². The molecule has 1 aromatic carbocycles. The highest BCUT2D eigenvalue weighted by Gasteiger charge is 2.28. The van der Waals surface area contributed by atoms with Crippen LogP contribution in [0.4, 0.5) is 0 Å². The molecular weight excluding hydrogens is 338 g/mol. The summed E-state index contributed by atoms with van der Waals surface area (Å²) in [6.07, 6.45) is 3.34. The van der Waals surface area contributed by atoms with Crippen LogP contribution in [0.1, 0.15) is 32.3 Å². The van der Waals surface area contributed by atoms with E-state index in [1.54, 1.807) is 12.4 Å². The zero-order chi connectivity index (χ0) is 19.2. The van der Waals surface area contributed by atoms with E-state index in [9.17, 15) is 5.21 Å². The first-order chi connectivity index (χ1) is 12.8. The van der Waals surface area contributed by atoms with Crippen molar-refractivity contribution in [1.29, 1.82) is 0 Å². The quantitative estimate of drug-likeness (QED) is 0.537. The monoisotopic (exact) mass is 359 g/mol. The molecule has 0 spiro atoms. The van der Waals surface area contributed by atoms with Gasteiger partial charge in [-0.25, -0.2) is 4.98 Å². The number of fused-ring (bicyclic) bond motifs is 1. The van der Waals surface area contributed by atoms with Crippen molar-refractivity contribution in [2.24, 2.45) is 0 Å². The Morgan fingerprint density at radius 3 is 2.37 bits per heavy atom. The van der Waals surface area contributed by atoms with Crippen LogP contribution in [0.25, 0.3) is 33.7 Å². The van der Waals surface area contributed by atoms with Crippen molar-refractivity contribution in [3.8, 4) is 22.6 Å². The maximum absolute atomic E-state index is 11.0. The first-order valence-electron chi connectivity index (χ1n) is 8.82. The van der Waals surface area contributed by atoms with Gasteiger partial charge < -0.3 is 5.21 Å². The SMILES string of the molecule is Cc1cccc(-c2c(-c3ccc4nccnc4c3)nc(C(C)(C)C)n2O)n1. The molecule has 3 heterocycles. The van der Waals surface area contributed by atoms with E-state index in [-0.39, 0.29) is 5.41 Å². The molecule has 1 N–H and O–H groups in total. The van der Waals surface area contributed by atoms with Gasteiger partial charge in [0.15, 0.2) is 5.82 Å². The normalized spacial score (nSPS) is 11.9. The van der Waals surface area contributed by atoms with Crippen molar-refractivity contribution in [2.45, 2.75) is 33.1 Å². The highest BCUT2D eigenvalue weighted by atomic mass is 16.5. The van der Waals surface area contributed by atoms with Gasteiger partial charge in [0.05, 0.1) is 16.7 Å². The predicted molar refractivity (Wildman–Crippen MR) is 105 cm³/mol. The fourth-order valence-electron chi connectivity index (χ4n) is 3.11. The molecule has 0 saturated carbocycles. The fourth-order valence-corrected chi connectivity index (χ4v) is 3.11. The minimum absolute atomic E-state index is 0.331. The molecule has 0 aliphatic rings. The van der Waals surface area contributed by atoms with E-state index in [2.05, 4.69) is 15.0 Å². The van der Waals surface area contributed by atoms with Gasteiger partial charge in [-0.15, -0.1) is 0 Å². The van der Waals surface area contributed by atoms with E-state index in [1.165, 1.54) is 0 Å². The number of pyridine rings is 1. The average Bonchev–Trinajstić information content (AvgIpc) is 2.99. The minimum Gasteiger partial charge on any atom is -0.427 e. The smallest absolute Gasteiger partial charge is 0.151 e. The van der Waals surface area contributed by atoms with E-state index < -0.39 is 0 Å².